The number of unbranched alkanes of at least 4 members (excludes halogenated alkanes) is 7. The summed E-state index contributed by atoms with van der Waals surface area (Å²) in [6.07, 6.45) is 13.9. The summed E-state index contributed by atoms with van der Waals surface area (Å²) in [7, 11) is 0. The van der Waals surface area contributed by atoms with E-state index < -0.39 is 42.0 Å². The van der Waals surface area contributed by atoms with Crippen molar-refractivity contribution < 1.29 is 34.2 Å². The minimum absolute atomic E-state index is 0.179. The molecule has 0 saturated carbocycles. The largest absolute Gasteiger partial charge is 0.477 e. The lowest BCUT2D eigenvalue weighted by Crippen LogP contribution is -2.57. The zero-order valence-corrected chi connectivity index (χ0v) is 15.9. The number of nitrogens with zero attached hydrogens (tertiary/aromatic N) is 1. The fourth-order valence-corrected chi connectivity index (χ4v) is 3.07. The van der Waals surface area contributed by atoms with Gasteiger partial charge in [0.25, 0.3) is 0 Å². The van der Waals surface area contributed by atoms with Gasteiger partial charge in [-0.05, 0) is 12.8 Å². The highest BCUT2D eigenvalue weighted by Crippen LogP contribution is 2.11. The maximum atomic E-state index is 11.1. The van der Waals surface area contributed by atoms with E-state index in [-0.39, 0.29) is 6.54 Å². The number of carboxylic acids is 3. The third-order valence-electron chi connectivity index (χ3n) is 4.32. The second-order valence-electron chi connectivity index (χ2n) is 6.89. The minimum atomic E-state index is -1.19. The van der Waals surface area contributed by atoms with Gasteiger partial charge in [-0.3, -0.25) is 4.48 Å². The molecule has 0 bridgehead atoms. The van der Waals surface area contributed by atoms with E-state index in [0.29, 0.717) is 6.42 Å². The molecule has 0 aromatic carbocycles. The predicted octanol–water partition coefficient (Wildman–Crippen LogP) is 3.14. The Morgan fingerprint density at radius 1 is 0.692 bits per heavy atom. The molecule has 3 N–H and O–H groups in total. The van der Waals surface area contributed by atoms with Gasteiger partial charge in [0.05, 0.1) is 6.54 Å². The average Bonchev–Trinajstić information content (AvgIpc) is 2.50. The first-order valence-electron chi connectivity index (χ1n) is 9.47. The average molecular weight is 372 g/mol. The molecule has 0 radical (unpaired) electrons. The molecular formula is C19H34NO6+. The molecule has 0 aliphatic rings. The Morgan fingerprint density at radius 3 is 1.58 bits per heavy atom. The molecule has 0 amide bonds. The van der Waals surface area contributed by atoms with Gasteiger partial charge in [-0.2, -0.15) is 0 Å². The third-order valence-corrected chi connectivity index (χ3v) is 4.32. The molecule has 7 nitrogen and oxygen atoms in total. The number of aliphatic carboxylic acids is 3. The van der Waals surface area contributed by atoms with E-state index in [2.05, 4.69) is 6.92 Å². The highest BCUT2D eigenvalue weighted by molar-refractivity contribution is 5.73. The Hall–Kier alpha value is -1.89. The van der Waals surface area contributed by atoms with Crippen molar-refractivity contribution in [2.45, 2.75) is 64.7 Å². The molecule has 0 aliphatic carbocycles. The maximum absolute atomic E-state index is 11.1. The SMILES string of the molecule is CCCCCCCCC/C=C/CC[N+](CC(=O)O)(CC(=O)O)CC(=O)O. The summed E-state index contributed by atoms with van der Waals surface area (Å²) in [5.74, 6) is -3.58. The van der Waals surface area contributed by atoms with E-state index in [1.807, 2.05) is 12.2 Å². The van der Waals surface area contributed by atoms with Gasteiger partial charge < -0.3 is 15.3 Å². The predicted molar refractivity (Wildman–Crippen MR) is 99.0 cm³/mol. The standard InChI is InChI=1S/C19H33NO6/c1-2-3-4-5-6-7-8-9-10-11-12-13-20(14-17(21)22,15-18(23)24)16-19(25)26/h10-11H,2-9,12-16H2,1H3,(H2-,21,22,23,24,25,26)/p+1/b11-10+. The van der Waals surface area contributed by atoms with Crippen LogP contribution in [-0.4, -0.2) is 63.9 Å². The fourth-order valence-electron chi connectivity index (χ4n) is 3.07. The van der Waals surface area contributed by atoms with Crippen LogP contribution in [0.1, 0.15) is 64.7 Å². The Bertz CT molecular complexity index is 420. The number of carbonyl (C=O) groups is 3. The van der Waals surface area contributed by atoms with E-state index in [0.717, 1.165) is 12.8 Å². The lowest BCUT2D eigenvalue weighted by molar-refractivity contribution is -0.907. The first-order chi connectivity index (χ1) is 12.3. The summed E-state index contributed by atoms with van der Waals surface area (Å²) >= 11 is 0. The van der Waals surface area contributed by atoms with E-state index in [1.165, 1.54) is 38.5 Å². The van der Waals surface area contributed by atoms with Crippen molar-refractivity contribution in [3.63, 3.8) is 0 Å². The topological polar surface area (TPSA) is 112 Å². The summed E-state index contributed by atoms with van der Waals surface area (Å²) in [6, 6.07) is 0. The second kappa shape index (κ2) is 14.3. The third kappa shape index (κ3) is 13.4. The highest BCUT2D eigenvalue weighted by Gasteiger charge is 2.35. The van der Waals surface area contributed by atoms with Crippen molar-refractivity contribution in [3.8, 4) is 0 Å². The molecule has 0 spiro atoms. The minimum Gasteiger partial charge on any atom is -0.477 e. The van der Waals surface area contributed by atoms with Gasteiger partial charge in [0, 0.05) is 6.42 Å². The molecule has 150 valence electrons. The first-order valence-corrected chi connectivity index (χ1v) is 9.47. The van der Waals surface area contributed by atoms with Gasteiger partial charge >= 0.3 is 17.9 Å². The first kappa shape index (κ1) is 24.1. The quantitative estimate of drug-likeness (QED) is 0.205. The summed E-state index contributed by atoms with van der Waals surface area (Å²) in [4.78, 5) is 33.2. The molecule has 0 rings (SSSR count). The molecule has 0 aliphatic heterocycles. The van der Waals surface area contributed by atoms with Crippen LogP contribution >= 0.6 is 0 Å². The Kier molecular flexibility index (Phi) is 13.3. The number of hydrogen-bond acceptors (Lipinski definition) is 3. The summed E-state index contributed by atoms with van der Waals surface area (Å²) in [5, 5.41) is 27.1. The fraction of sp³-hybridized carbons (Fsp3) is 0.737. The van der Waals surface area contributed by atoms with Crippen LogP contribution < -0.4 is 0 Å². The van der Waals surface area contributed by atoms with Crippen LogP contribution in [0.5, 0.6) is 0 Å². The van der Waals surface area contributed by atoms with E-state index in [1.54, 1.807) is 0 Å². The lowest BCUT2D eigenvalue weighted by atomic mass is 10.1. The van der Waals surface area contributed by atoms with Crippen molar-refractivity contribution in [1.29, 1.82) is 0 Å². The van der Waals surface area contributed by atoms with Gasteiger partial charge in [-0.25, -0.2) is 14.4 Å². The van der Waals surface area contributed by atoms with Gasteiger partial charge in [0.15, 0.2) is 19.6 Å². The van der Waals surface area contributed by atoms with Crippen molar-refractivity contribution >= 4 is 17.9 Å². The molecule has 0 aromatic heterocycles. The van der Waals surface area contributed by atoms with Crippen LogP contribution in [0.25, 0.3) is 0 Å². The number of quaternary nitrogens is 1. The highest BCUT2D eigenvalue weighted by atomic mass is 16.4. The maximum Gasteiger partial charge on any atom is 0.359 e. The normalized spacial score (nSPS) is 11.7. The zero-order valence-electron chi connectivity index (χ0n) is 15.9. The number of allylic oxidation sites excluding steroid dienone is 1. The van der Waals surface area contributed by atoms with Gasteiger partial charge in [-0.1, -0.05) is 57.6 Å². The number of rotatable bonds is 17. The van der Waals surface area contributed by atoms with E-state index >= 15 is 0 Å². The van der Waals surface area contributed by atoms with Crippen molar-refractivity contribution in [1.82, 2.24) is 0 Å². The Labute approximate surface area is 155 Å². The van der Waals surface area contributed by atoms with Crippen LogP contribution in [0.15, 0.2) is 12.2 Å². The molecule has 0 saturated heterocycles. The molecule has 0 unspecified atom stereocenters. The van der Waals surface area contributed by atoms with Crippen LogP contribution in [0, 0.1) is 0 Å². The van der Waals surface area contributed by atoms with Crippen LogP contribution in [0.4, 0.5) is 0 Å². The van der Waals surface area contributed by atoms with Crippen LogP contribution in [0.2, 0.25) is 0 Å². The van der Waals surface area contributed by atoms with Crippen LogP contribution in [-0.2, 0) is 14.4 Å². The number of carboxylic acid groups (broad SMARTS) is 3. The van der Waals surface area contributed by atoms with Crippen molar-refractivity contribution in [3.05, 3.63) is 12.2 Å². The lowest BCUT2D eigenvalue weighted by Gasteiger charge is -2.33. The van der Waals surface area contributed by atoms with Crippen molar-refractivity contribution in [2.75, 3.05) is 26.2 Å². The molecule has 0 aromatic rings. The second-order valence-corrected chi connectivity index (χ2v) is 6.89. The summed E-state index contributed by atoms with van der Waals surface area (Å²) in [6.45, 7) is 0.846. The van der Waals surface area contributed by atoms with Gasteiger partial charge in [0.1, 0.15) is 0 Å². The summed E-state index contributed by atoms with van der Waals surface area (Å²) in [5.41, 5.74) is 0. The molecule has 0 heterocycles. The summed E-state index contributed by atoms with van der Waals surface area (Å²) < 4.78 is -0.484. The monoisotopic (exact) mass is 372 g/mol. The van der Waals surface area contributed by atoms with Crippen molar-refractivity contribution in [2.24, 2.45) is 0 Å². The molecule has 0 atom stereocenters. The Balaban J connectivity index is 4.31. The Morgan fingerprint density at radius 2 is 1.12 bits per heavy atom. The zero-order chi connectivity index (χ0) is 19.8. The van der Waals surface area contributed by atoms with Crippen LogP contribution in [0.3, 0.4) is 0 Å². The smallest absolute Gasteiger partial charge is 0.359 e. The van der Waals surface area contributed by atoms with Gasteiger partial charge in [0.2, 0.25) is 0 Å². The van der Waals surface area contributed by atoms with E-state index in [9.17, 15) is 14.4 Å². The van der Waals surface area contributed by atoms with Gasteiger partial charge in [-0.15, -0.1) is 0 Å². The number of hydrogen-bond donors (Lipinski definition) is 3. The molecular weight excluding hydrogens is 338 g/mol. The molecule has 7 heteroatoms. The molecule has 0 fully saturated rings. The van der Waals surface area contributed by atoms with E-state index in [4.69, 9.17) is 15.3 Å². The molecule has 26 heavy (non-hydrogen) atoms.